The smallest absolute Gasteiger partial charge is 0.139 e. The fraction of sp³-hybridized carbons (Fsp3) is 0. The van der Waals surface area contributed by atoms with Gasteiger partial charge in [-0.25, -0.2) is 4.98 Å². The number of nitriles is 1. The Labute approximate surface area is 311 Å². The zero-order chi connectivity index (χ0) is 35.8. The highest BCUT2D eigenvalue weighted by Gasteiger charge is 2.18. The number of benzene rings is 8. The summed E-state index contributed by atoms with van der Waals surface area (Å²) >= 11 is 0. The normalized spacial score (nSPS) is 11.7. The van der Waals surface area contributed by atoms with E-state index in [2.05, 4.69) is 167 Å². The van der Waals surface area contributed by atoms with Gasteiger partial charge in [-0.1, -0.05) is 121 Å². The second-order valence-corrected chi connectivity index (χ2v) is 13.9. The Bertz CT molecular complexity index is 3330. The minimum atomic E-state index is 0.617. The highest BCUT2D eigenvalue weighted by atomic mass is 15.1. The summed E-state index contributed by atoms with van der Waals surface area (Å²) in [4.78, 5) is 5.04. The summed E-state index contributed by atoms with van der Waals surface area (Å²) in [6, 6.07) is 66.9. The molecule has 0 spiro atoms. The van der Waals surface area contributed by atoms with Crippen molar-refractivity contribution in [2.45, 2.75) is 0 Å². The molecule has 11 rings (SSSR count). The molecule has 0 fully saturated rings. The molecule has 0 N–H and O–H groups in total. The van der Waals surface area contributed by atoms with Crippen LogP contribution in [0, 0.1) is 11.3 Å². The van der Waals surface area contributed by atoms with E-state index < -0.39 is 0 Å². The number of aromatic nitrogens is 3. The SMILES string of the molecule is N#Cc1cc(-n2c3ccccc3c3cc(-c4ccc5c(c4)c4ccccc4n5-c4ccc(-c5cccc6ccccc56)cc4)ccc32)nc2ccccc12. The molecule has 0 amide bonds. The maximum absolute atomic E-state index is 10.1. The van der Waals surface area contributed by atoms with Crippen LogP contribution >= 0.6 is 0 Å². The van der Waals surface area contributed by atoms with Gasteiger partial charge < -0.3 is 4.57 Å². The lowest BCUT2D eigenvalue weighted by Gasteiger charge is -2.11. The van der Waals surface area contributed by atoms with Crippen molar-refractivity contribution in [2.24, 2.45) is 0 Å². The fourth-order valence-corrected chi connectivity index (χ4v) is 8.47. The summed E-state index contributed by atoms with van der Waals surface area (Å²) < 4.78 is 4.56. The van der Waals surface area contributed by atoms with Gasteiger partial charge in [0.25, 0.3) is 0 Å². The molecule has 3 aromatic heterocycles. The van der Waals surface area contributed by atoms with Crippen LogP contribution in [0.2, 0.25) is 0 Å². The second kappa shape index (κ2) is 11.8. The number of para-hydroxylation sites is 3. The van der Waals surface area contributed by atoms with Crippen LogP contribution in [0.3, 0.4) is 0 Å². The lowest BCUT2D eigenvalue weighted by atomic mass is 9.98. The van der Waals surface area contributed by atoms with Crippen LogP contribution in [-0.2, 0) is 0 Å². The molecule has 3 heterocycles. The Morgan fingerprint density at radius 3 is 1.65 bits per heavy atom. The molecule has 0 unspecified atom stereocenters. The molecule has 4 nitrogen and oxygen atoms in total. The van der Waals surface area contributed by atoms with Crippen LogP contribution in [-0.4, -0.2) is 14.1 Å². The summed E-state index contributed by atoms with van der Waals surface area (Å²) in [5.41, 5.74) is 11.8. The highest BCUT2D eigenvalue weighted by molar-refractivity contribution is 6.13. The first kappa shape index (κ1) is 30.2. The number of hydrogen-bond donors (Lipinski definition) is 0. The second-order valence-electron chi connectivity index (χ2n) is 13.9. The Balaban J connectivity index is 1.04. The van der Waals surface area contributed by atoms with Gasteiger partial charge in [0, 0.05) is 32.6 Å². The van der Waals surface area contributed by atoms with Gasteiger partial charge in [-0.2, -0.15) is 5.26 Å². The molecule has 4 heteroatoms. The number of fused-ring (bicyclic) bond motifs is 8. The number of rotatable bonds is 4. The van der Waals surface area contributed by atoms with Gasteiger partial charge >= 0.3 is 0 Å². The summed E-state index contributed by atoms with van der Waals surface area (Å²) in [5.74, 6) is 0.739. The van der Waals surface area contributed by atoms with E-state index in [0.29, 0.717) is 5.56 Å². The molecule has 8 aromatic carbocycles. The molecule has 0 saturated heterocycles. The molecule has 11 aromatic rings. The molecule has 54 heavy (non-hydrogen) atoms. The van der Waals surface area contributed by atoms with E-state index in [4.69, 9.17) is 4.98 Å². The van der Waals surface area contributed by atoms with Gasteiger partial charge in [-0.3, -0.25) is 4.57 Å². The Morgan fingerprint density at radius 1 is 0.407 bits per heavy atom. The molecule has 0 saturated carbocycles. The van der Waals surface area contributed by atoms with Crippen molar-refractivity contribution in [3.8, 4) is 39.8 Å². The third-order valence-electron chi connectivity index (χ3n) is 11.0. The van der Waals surface area contributed by atoms with E-state index in [1.807, 2.05) is 30.3 Å². The van der Waals surface area contributed by atoms with Crippen molar-refractivity contribution in [3.05, 3.63) is 188 Å². The first-order valence-corrected chi connectivity index (χ1v) is 18.2. The quantitative estimate of drug-likeness (QED) is 0.185. The minimum absolute atomic E-state index is 0.617. The summed E-state index contributed by atoms with van der Waals surface area (Å²) in [6.07, 6.45) is 0. The van der Waals surface area contributed by atoms with Crippen molar-refractivity contribution in [1.29, 1.82) is 5.26 Å². The minimum Gasteiger partial charge on any atom is -0.309 e. The molecule has 0 aliphatic rings. The first-order valence-electron chi connectivity index (χ1n) is 18.2. The molecule has 250 valence electrons. The van der Waals surface area contributed by atoms with Crippen LogP contribution < -0.4 is 0 Å². The van der Waals surface area contributed by atoms with E-state index in [1.165, 1.54) is 43.7 Å². The highest BCUT2D eigenvalue weighted by Crippen LogP contribution is 2.39. The molecular weight excluding hydrogens is 657 g/mol. The summed E-state index contributed by atoms with van der Waals surface area (Å²) in [6.45, 7) is 0. The zero-order valence-electron chi connectivity index (χ0n) is 29.1. The Kier molecular flexibility index (Phi) is 6.58. The van der Waals surface area contributed by atoms with Crippen molar-refractivity contribution in [2.75, 3.05) is 0 Å². The maximum Gasteiger partial charge on any atom is 0.139 e. The predicted molar refractivity (Wildman–Crippen MR) is 224 cm³/mol. The van der Waals surface area contributed by atoms with Crippen LogP contribution in [0.15, 0.2) is 182 Å². The number of nitrogens with zero attached hydrogens (tertiary/aromatic N) is 4. The summed E-state index contributed by atoms with van der Waals surface area (Å²) in [5, 5.41) is 18.2. The van der Waals surface area contributed by atoms with E-state index in [-0.39, 0.29) is 0 Å². The third-order valence-corrected chi connectivity index (χ3v) is 11.0. The largest absolute Gasteiger partial charge is 0.309 e. The molecule has 0 aliphatic heterocycles. The van der Waals surface area contributed by atoms with Crippen LogP contribution in [0.4, 0.5) is 0 Å². The number of pyridine rings is 1. The lowest BCUT2D eigenvalue weighted by Crippen LogP contribution is -1.99. The predicted octanol–water partition coefficient (Wildman–Crippen LogP) is 12.8. The summed E-state index contributed by atoms with van der Waals surface area (Å²) in [7, 11) is 0. The number of hydrogen-bond acceptors (Lipinski definition) is 2. The fourth-order valence-electron chi connectivity index (χ4n) is 8.47. The monoisotopic (exact) mass is 686 g/mol. The van der Waals surface area contributed by atoms with Crippen molar-refractivity contribution < 1.29 is 0 Å². The van der Waals surface area contributed by atoms with Gasteiger partial charge in [0.1, 0.15) is 5.82 Å². The molecule has 0 atom stereocenters. The van der Waals surface area contributed by atoms with Gasteiger partial charge in [0.05, 0.1) is 39.2 Å². The van der Waals surface area contributed by atoms with Crippen molar-refractivity contribution in [3.63, 3.8) is 0 Å². The van der Waals surface area contributed by atoms with E-state index in [9.17, 15) is 5.26 Å². The maximum atomic E-state index is 10.1. The molecule has 0 radical (unpaired) electrons. The average molecular weight is 687 g/mol. The van der Waals surface area contributed by atoms with Gasteiger partial charge in [-0.15, -0.1) is 0 Å². The zero-order valence-corrected chi connectivity index (χ0v) is 29.1. The first-order chi connectivity index (χ1) is 26.7. The molecular formula is C50H30N4. The van der Waals surface area contributed by atoms with Gasteiger partial charge in [0.2, 0.25) is 0 Å². The van der Waals surface area contributed by atoms with E-state index in [0.717, 1.165) is 55.3 Å². The van der Waals surface area contributed by atoms with E-state index >= 15 is 0 Å². The Morgan fingerprint density at radius 2 is 0.944 bits per heavy atom. The van der Waals surface area contributed by atoms with Crippen LogP contribution in [0.5, 0.6) is 0 Å². The van der Waals surface area contributed by atoms with Crippen molar-refractivity contribution in [1.82, 2.24) is 14.1 Å². The Hall–Kier alpha value is -7.48. The van der Waals surface area contributed by atoms with Crippen LogP contribution in [0.25, 0.3) is 99.0 Å². The lowest BCUT2D eigenvalue weighted by molar-refractivity contribution is 1.10. The van der Waals surface area contributed by atoms with Gasteiger partial charge in [-0.05, 0) is 93.7 Å². The molecule has 0 bridgehead atoms. The van der Waals surface area contributed by atoms with Gasteiger partial charge in [0.15, 0.2) is 0 Å². The average Bonchev–Trinajstić information content (AvgIpc) is 3.75. The van der Waals surface area contributed by atoms with Crippen LogP contribution in [0.1, 0.15) is 5.56 Å². The topological polar surface area (TPSA) is 46.5 Å². The molecule has 0 aliphatic carbocycles. The van der Waals surface area contributed by atoms with Crippen molar-refractivity contribution >= 4 is 65.3 Å². The van der Waals surface area contributed by atoms with E-state index in [1.54, 1.807) is 0 Å². The third kappa shape index (κ3) is 4.52. The standard InChI is InChI=1S/C50H30N4/c51-31-36-30-50(52-45-17-6-3-13-40(36)45)54-47-19-8-5-15-42(47)44-29-35(23-27-49(44)54)34-22-26-48-43(28-34)41-14-4-7-18-46(41)53(48)37-24-20-33(21-25-37)39-16-9-11-32-10-1-2-12-38(32)39/h1-30H.